The van der Waals surface area contributed by atoms with Crippen LogP contribution in [0.25, 0.3) is 0 Å². The van der Waals surface area contributed by atoms with Gasteiger partial charge in [0.05, 0.1) is 22.4 Å². The second-order valence-electron chi connectivity index (χ2n) is 4.12. The molecule has 1 rings (SSSR count). The van der Waals surface area contributed by atoms with Gasteiger partial charge in [0.15, 0.2) is 5.82 Å². The van der Waals surface area contributed by atoms with Crippen molar-refractivity contribution in [1.29, 1.82) is 0 Å². The maximum Gasteiger partial charge on any atom is 0.164 e. The standard InChI is InChI=1S/C11H15ClFNO/c1-7(11(2,3)15)14-9-6-4-5-8(12)10(9)13/h4-7,14-15H,1-3H3. The van der Waals surface area contributed by atoms with Crippen LogP contribution in [0.5, 0.6) is 0 Å². The minimum absolute atomic E-state index is 0.0722. The zero-order chi connectivity index (χ0) is 11.6. The molecule has 0 saturated heterocycles. The minimum Gasteiger partial charge on any atom is -0.388 e. The van der Waals surface area contributed by atoms with Crippen molar-refractivity contribution in [2.75, 3.05) is 5.32 Å². The number of anilines is 1. The summed E-state index contributed by atoms with van der Waals surface area (Å²) in [6, 6.07) is 4.45. The van der Waals surface area contributed by atoms with Gasteiger partial charge in [0, 0.05) is 0 Å². The SMILES string of the molecule is CC(Nc1cccc(Cl)c1F)C(C)(C)O. The van der Waals surface area contributed by atoms with E-state index in [1.807, 2.05) is 0 Å². The van der Waals surface area contributed by atoms with Gasteiger partial charge in [-0.05, 0) is 32.9 Å². The van der Waals surface area contributed by atoms with E-state index < -0.39 is 11.4 Å². The lowest BCUT2D eigenvalue weighted by atomic mass is 10.0. The Morgan fingerprint density at radius 3 is 2.60 bits per heavy atom. The lowest BCUT2D eigenvalue weighted by Gasteiger charge is -2.27. The number of nitrogens with one attached hydrogen (secondary N) is 1. The summed E-state index contributed by atoms with van der Waals surface area (Å²) in [5.74, 6) is -0.490. The van der Waals surface area contributed by atoms with Crippen LogP contribution in [0.4, 0.5) is 10.1 Å². The molecule has 1 aromatic rings. The molecule has 0 spiro atoms. The first kappa shape index (κ1) is 12.3. The maximum atomic E-state index is 13.5. The number of rotatable bonds is 3. The molecule has 0 amide bonds. The molecule has 0 saturated carbocycles. The van der Waals surface area contributed by atoms with Gasteiger partial charge in [-0.3, -0.25) is 0 Å². The molecule has 84 valence electrons. The van der Waals surface area contributed by atoms with Gasteiger partial charge in [-0.25, -0.2) is 4.39 Å². The lowest BCUT2D eigenvalue weighted by Crippen LogP contribution is -2.39. The zero-order valence-electron chi connectivity index (χ0n) is 9.01. The predicted octanol–water partition coefficient (Wildman–Crippen LogP) is 3.05. The summed E-state index contributed by atoms with van der Waals surface area (Å²) in [6.45, 7) is 5.10. The van der Waals surface area contributed by atoms with E-state index in [2.05, 4.69) is 5.32 Å². The molecule has 0 radical (unpaired) electrons. The van der Waals surface area contributed by atoms with Crippen molar-refractivity contribution >= 4 is 17.3 Å². The van der Waals surface area contributed by atoms with Crippen LogP contribution in [0.15, 0.2) is 18.2 Å². The van der Waals surface area contributed by atoms with Gasteiger partial charge in [0.2, 0.25) is 0 Å². The molecule has 0 aliphatic rings. The van der Waals surface area contributed by atoms with E-state index in [0.717, 1.165) is 0 Å². The molecule has 1 aromatic carbocycles. The van der Waals surface area contributed by atoms with Gasteiger partial charge < -0.3 is 10.4 Å². The molecule has 0 aromatic heterocycles. The van der Waals surface area contributed by atoms with Crippen LogP contribution in [0.3, 0.4) is 0 Å². The highest BCUT2D eigenvalue weighted by Gasteiger charge is 2.23. The van der Waals surface area contributed by atoms with E-state index in [1.165, 1.54) is 6.07 Å². The van der Waals surface area contributed by atoms with Gasteiger partial charge in [-0.15, -0.1) is 0 Å². The molecule has 0 aliphatic heterocycles. The van der Waals surface area contributed by atoms with Crippen LogP contribution in [0, 0.1) is 5.82 Å². The first-order valence-electron chi connectivity index (χ1n) is 4.75. The molecule has 0 fully saturated rings. The molecule has 4 heteroatoms. The Morgan fingerprint density at radius 2 is 2.07 bits per heavy atom. The molecule has 2 N–H and O–H groups in total. The fraction of sp³-hybridized carbons (Fsp3) is 0.455. The van der Waals surface area contributed by atoms with Crippen molar-refractivity contribution in [3.63, 3.8) is 0 Å². The third-order valence-electron chi connectivity index (χ3n) is 2.38. The molecule has 1 atom stereocenters. The summed E-state index contributed by atoms with van der Waals surface area (Å²) >= 11 is 5.63. The third kappa shape index (κ3) is 3.08. The summed E-state index contributed by atoms with van der Waals surface area (Å²) in [5.41, 5.74) is -0.619. The summed E-state index contributed by atoms with van der Waals surface area (Å²) in [4.78, 5) is 0. The van der Waals surface area contributed by atoms with Gasteiger partial charge in [-0.1, -0.05) is 17.7 Å². The Kier molecular flexibility index (Phi) is 3.58. The van der Waals surface area contributed by atoms with Crippen molar-refractivity contribution in [2.45, 2.75) is 32.4 Å². The van der Waals surface area contributed by atoms with Crippen molar-refractivity contribution in [2.24, 2.45) is 0 Å². The minimum atomic E-state index is -0.922. The number of hydrogen-bond donors (Lipinski definition) is 2. The molecular weight excluding hydrogens is 217 g/mol. The fourth-order valence-electron chi connectivity index (χ4n) is 1.03. The maximum absolute atomic E-state index is 13.5. The average molecular weight is 232 g/mol. The van der Waals surface area contributed by atoms with Crippen LogP contribution in [0.1, 0.15) is 20.8 Å². The van der Waals surface area contributed by atoms with Crippen LogP contribution < -0.4 is 5.32 Å². The average Bonchev–Trinajstić information content (AvgIpc) is 2.11. The van der Waals surface area contributed by atoms with Gasteiger partial charge >= 0.3 is 0 Å². The number of aliphatic hydroxyl groups is 1. The molecule has 1 unspecified atom stereocenters. The van der Waals surface area contributed by atoms with Crippen LogP contribution in [0.2, 0.25) is 5.02 Å². The Balaban J connectivity index is 2.86. The summed E-state index contributed by atoms with van der Waals surface area (Å²) in [6.07, 6.45) is 0. The largest absolute Gasteiger partial charge is 0.388 e. The van der Waals surface area contributed by atoms with Crippen LogP contribution in [-0.4, -0.2) is 16.7 Å². The Labute approximate surface area is 94.1 Å². The fourth-order valence-corrected chi connectivity index (χ4v) is 1.20. The van der Waals surface area contributed by atoms with Crippen molar-refractivity contribution in [1.82, 2.24) is 0 Å². The second-order valence-corrected chi connectivity index (χ2v) is 4.53. The summed E-state index contributed by atoms with van der Waals surface area (Å²) < 4.78 is 13.5. The first-order valence-corrected chi connectivity index (χ1v) is 5.13. The summed E-state index contributed by atoms with van der Waals surface area (Å²) in [7, 11) is 0. The molecule has 2 nitrogen and oxygen atoms in total. The van der Waals surface area contributed by atoms with Crippen molar-refractivity contribution in [3.05, 3.63) is 29.0 Å². The highest BCUT2D eigenvalue weighted by molar-refractivity contribution is 6.31. The first-order chi connectivity index (χ1) is 6.82. The van der Waals surface area contributed by atoms with Gasteiger partial charge in [0.1, 0.15) is 0 Å². The number of hydrogen-bond acceptors (Lipinski definition) is 2. The quantitative estimate of drug-likeness (QED) is 0.838. The van der Waals surface area contributed by atoms with E-state index in [9.17, 15) is 9.50 Å². The van der Waals surface area contributed by atoms with Gasteiger partial charge in [-0.2, -0.15) is 0 Å². The van der Waals surface area contributed by atoms with Crippen LogP contribution >= 0.6 is 11.6 Å². The highest BCUT2D eigenvalue weighted by atomic mass is 35.5. The lowest BCUT2D eigenvalue weighted by molar-refractivity contribution is 0.0648. The normalized spacial score (nSPS) is 13.7. The highest BCUT2D eigenvalue weighted by Crippen LogP contribution is 2.24. The molecule has 15 heavy (non-hydrogen) atoms. The van der Waals surface area contributed by atoms with E-state index >= 15 is 0 Å². The smallest absolute Gasteiger partial charge is 0.164 e. The van der Waals surface area contributed by atoms with Crippen molar-refractivity contribution < 1.29 is 9.50 Å². The zero-order valence-corrected chi connectivity index (χ0v) is 9.77. The second kappa shape index (κ2) is 4.37. The molecule has 0 heterocycles. The van der Waals surface area contributed by atoms with Crippen LogP contribution in [-0.2, 0) is 0 Å². The third-order valence-corrected chi connectivity index (χ3v) is 2.68. The predicted molar refractivity (Wildman–Crippen MR) is 60.8 cm³/mol. The topological polar surface area (TPSA) is 32.3 Å². The van der Waals surface area contributed by atoms with E-state index in [-0.39, 0.29) is 11.1 Å². The Hall–Kier alpha value is -0.800. The Morgan fingerprint density at radius 1 is 1.47 bits per heavy atom. The van der Waals surface area contributed by atoms with Crippen molar-refractivity contribution in [3.8, 4) is 0 Å². The van der Waals surface area contributed by atoms with E-state index in [1.54, 1.807) is 32.9 Å². The molecule has 0 aliphatic carbocycles. The Bertz CT molecular complexity index is 349. The molecule has 0 bridgehead atoms. The number of halogens is 2. The monoisotopic (exact) mass is 231 g/mol. The van der Waals surface area contributed by atoms with E-state index in [4.69, 9.17) is 11.6 Å². The molecular formula is C11H15ClFNO. The van der Waals surface area contributed by atoms with E-state index in [0.29, 0.717) is 5.69 Å². The number of benzene rings is 1. The van der Waals surface area contributed by atoms with Gasteiger partial charge in [0.25, 0.3) is 0 Å². The summed E-state index contributed by atoms with van der Waals surface area (Å²) in [5, 5.41) is 12.6.